The summed E-state index contributed by atoms with van der Waals surface area (Å²) in [5.74, 6) is 0.643. The van der Waals surface area contributed by atoms with Crippen LogP contribution in [-0.4, -0.2) is 87.6 Å². The molecule has 3 aromatic rings. The molecule has 49 heavy (non-hydrogen) atoms. The number of carbonyl (C=O) groups excluding carboxylic acids is 3. The Hall–Kier alpha value is -4.61. The zero-order chi connectivity index (χ0) is 35.3. The number of amides is 3. The number of unbranched alkanes of at least 4 members (excludes halogenated alkanes) is 2. The minimum Gasteiger partial charge on any atom is -0.493 e. The van der Waals surface area contributed by atoms with E-state index in [-0.39, 0.29) is 23.4 Å². The minimum absolute atomic E-state index is 0.230. The van der Waals surface area contributed by atoms with E-state index >= 15 is 0 Å². The minimum atomic E-state index is -0.354. The second kappa shape index (κ2) is 18.2. The normalized spacial score (nSPS) is 13.3. The second-order valence-electron chi connectivity index (χ2n) is 12.8. The number of ether oxygens (including phenoxy) is 2. The molecular formula is C38H52N6O5. The summed E-state index contributed by atoms with van der Waals surface area (Å²) in [5, 5.41) is 2.85. The van der Waals surface area contributed by atoms with Crippen molar-refractivity contribution in [3.8, 4) is 11.5 Å². The third-order valence-corrected chi connectivity index (χ3v) is 8.90. The van der Waals surface area contributed by atoms with Crippen LogP contribution in [0.2, 0.25) is 0 Å². The maximum atomic E-state index is 13.6. The molecule has 0 atom stereocenters. The molecule has 3 aromatic carbocycles. The molecule has 1 aliphatic rings. The molecule has 1 heterocycles. The van der Waals surface area contributed by atoms with Crippen molar-refractivity contribution in [1.82, 2.24) is 9.80 Å². The van der Waals surface area contributed by atoms with Crippen LogP contribution >= 0.6 is 0 Å². The Morgan fingerprint density at radius 1 is 0.857 bits per heavy atom. The Balaban J connectivity index is 1.30. The van der Waals surface area contributed by atoms with Crippen molar-refractivity contribution >= 4 is 34.8 Å². The van der Waals surface area contributed by atoms with E-state index in [1.165, 1.54) is 4.90 Å². The molecule has 0 saturated carbocycles. The average molecular weight is 673 g/mol. The van der Waals surface area contributed by atoms with Gasteiger partial charge < -0.3 is 41.0 Å². The van der Waals surface area contributed by atoms with Crippen LogP contribution in [0.3, 0.4) is 0 Å². The van der Waals surface area contributed by atoms with Gasteiger partial charge >= 0.3 is 0 Å². The molecule has 0 unspecified atom stereocenters. The van der Waals surface area contributed by atoms with Crippen LogP contribution in [0, 0.1) is 6.92 Å². The number of piperidine rings is 1. The first-order valence-electron chi connectivity index (χ1n) is 17.2. The van der Waals surface area contributed by atoms with Gasteiger partial charge in [-0.05, 0) is 114 Å². The topological polar surface area (TPSA) is 143 Å². The molecule has 5 N–H and O–H groups in total. The first-order valence-corrected chi connectivity index (χ1v) is 17.2. The Morgan fingerprint density at radius 2 is 1.57 bits per heavy atom. The molecule has 3 amide bonds. The number of nitrogens with zero attached hydrogens (tertiary/aromatic N) is 3. The van der Waals surface area contributed by atoms with E-state index in [9.17, 15) is 14.4 Å². The largest absolute Gasteiger partial charge is 0.493 e. The van der Waals surface area contributed by atoms with Crippen LogP contribution in [0.4, 0.5) is 17.1 Å². The van der Waals surface area contributed by atoms with E-state index in [0.717, 1.165) is 50.8 Å². The third-order valence-electron chi connectivity index (χ3n) is 8.90. The van der Waals surface area contributed by atoms with Gasteiger partial charge in [0.05, 0.1) is 30.0 Å². The number of benzene rings is 3. The van der Waals surface area contributed by atoms with Crippen molar-refractivity contribution in [2.45, 2.75) is 57.9 Å². The zero-order valence-electron chi connectivity index (χ0n) is 29.4. The molecule has 0 radical (unpaired) electrons. The van der Waals surface area contributed by atoms with E-state index in [4.69, 9.17) is 20.9 Å². The predicted molar refractivity (Wildman–Crippen MR) is 196 cm³/mol. The summed E-state index contributed by atoms with van der Waals surface area (Å²) in [7, 11) is 5.88. The molecule has 11 nitrogen and oxygen atoms in total. The van der Waals surface area contributed by atoms with Crippen molar-refractivity contribution in [2.24, 2.45) is 5.73 Å². The number of nitrogens with two attached hydrogens (primary N) is 2. The van der Waals surface area contributed by atoms with Gasteiger partial charge in [0.15, 0.2) is 0 Å². The molecule has 264 valence electrons. The van der Waals surface area contributed by atoms with Gasteiger partial charge in [0.2, 0.25) is 5.91 Å². The average Bonchev–Trinajstić information content (AvgIpc) is 3.09. The van der Waals surface area contributed by atoms with Crippen LogP contribution in [0.1, 0.15) is 71.2 Å². The molecular weight excluding hydrogens is 620 g/mol. The summed E-state index contributed by atoms with van der Waals surface area (Å²) in [5.41, 5.74) is 14.9. The monoisotopic (exact) mass is 672 g/mol. The number of rotatable bonds is 16. The molecule has 11 heteroatoms. The fourth-order valence-electron chi connectivity index (χ4n) is 5.91. The summed E-state index contributed by atoms with van der Waals surface area (Å²) in [6.45, 7) is 5.01. The molecule has 1 aliphatic heterocycles. The fourth-order valence-corrected chi connectivity index (χ4v) is 5.91. The highest BCUT2D eigenvalue weighted by Gasteiger charge is 2.24. The fraction of sp³-hybridized carbons (Fsp3) is 0.447. The van der Waals surface area contributed by atoms with Gasteiger partial charge in [-0.1, -0.05) is 18.2 Å². The lowest BCUT2D eigenvalue weighted by Crippen LogP contribution is -2.44. The van der Waals surface area contributed by atoms with Gasteiger partial charge in [-0.2, -0.15) is 0 Å². The SMILES string of the molecule is Cc1ccc(N(C)C(=O)c2ccc(NC(=O)c3ccccc3OCCCN)cc2N)c(OCCCCCC(=O)N2CCC(N(C)C)CC2)c1. The summed E-state index contributed by atoms with van der Waals surface area (Å²) in [6.07, 6.45) is 5.78. The number of para-hydroxylation sites is 1. The maximum absolute atomic E-state index is 13.6. The number of hydrogen-bond donors (Lipinski definition) is 3. The number of aryl methyl sites for hydroxylation is 1. The summed E-state index contributed by atoms with van der Waals surface area (Å²) < 4.78 is 11.9. The quantitative estimate of drug-likeness (QED) is 0.137. The lowest BCUT2D eigenvalue weighted by molar-refractivity contribution is -0.132. The van der Waals surface area contributed by atoms with Gasteiger partial charge in [0, 0.05) is 44.0 Å². The molecule has 0 aliphatic carbocycles. The highest BCUT2D eigenvalue weighted by molar-refractivity contribution is 6.11. The Bertz CT molecular complexity index is 1570. The second-order valence-corrected chi connectivity index (χ2v) is 12.8. The van der Waals surface area contributed by atoms with Crippen molar-refractivity contribution in [1.29, 1.82) is 0 Å². The molecule has 1 saturated heterocycles. The smallest absolute Gasteiger partial charge is 0.260 e. The first kappa shape index (κ1) is 37.2. The zero-order valence-corrected chi connectivity index (χ0v) is 29.4. The van der Waals surface area contributed by atoms with Crippen molar-refractivity contribution in [3.05, 3.63) is 77.4 Å². The highest BCUT2D eigenvalue weighted by atomic mass is 16.5. The third kappa shape index (κ3) is 10.4. The van der Waals surface area contributed by atoms with Crippen LogP contribution in [0.5, 0.6) is 11.5 Å². The van der Waals surface area contributed by atoms with Gasteiger partial charge in [-0.25, -0.2) is 0 Å². The van der Waals surface area contributed by atoms with Gasteiger partial charge in [-0.15, -0.1) is 0 Å². The summed E-state index contributed by atoms with van der Waals surface area (Å²) >= 11 is 0. The molecule has 0 aromatic heterocycles. The summed E-state index contributed by atoms with van der Waals surface area (Å²) in [6, 6.07) is 18.1. The van der Waals surface area contributed by atoms with Crippen LogP contribution in [-0.2, 0) is 4.79 Å². The van der Waals surface area contributed by atoms with E-state index in [1.54, 1.807) is 49.5 Å². The van der Waals surface area contributed by atoms with Crippen molar-refractivity contribution < 1.29 is 23.9 Å². The maximum Gasteiger partial charge on any atom is 0.260 e. The van der Waals surface area contributed by atoms with Gasteiger partial charge in [0.1, 0.15) is 11.5 Å². The molecule has 4 rings (SSSR count). The first-order chi connectivity index (χ1) is 23.6. The van der Waals surface area contributed by atoms with E-state index in [1.807, 2.05) is 30.0 Å². The van der Waals surface area contributed by atoms with E-state index in [0.29, 0.717) is 72.6 Å². The van der Waals surface area contributed by atoms with Gasteiger partial charge in [-0.3, -0.25) is 14.4 Å². The predicted octanol–water partition coefficient (Wildman–Crippen LogP) is 5.33. The van der Waals surface area contributed by atoms with Crippen LogP contribution < -0.4 is 31.2 Å². The number of hydrogen-bond acceptors (Lipinski definition) is 8. The van der Waals surface area contributed by atoms with Crippen molar-refractivity contribution in [2.75, 3.05) is 69.9 Å². The number of likely N-dealkylation sites (tertiary alicyclic amines) is 1. The lowest BCUT2D eigenvalue weighted by Gasteiger charge is -2.35. The highest BCUT2D eigenvalue weighted by Crippen LogP contribution is 2.31. The lowest BCUT2D eigenvalue weighted by atomic mass is 10.0. The van der Waals surface area contributed by atoms with Gasteiger partial charge in [0.25, 0.3) is 11.8 Å². The Labute approximate surface area is 290 Å². The van der Waals surface area contributed by atoms with Crippen molar-refractivity contribution in [3.63, 3.8) is 0 Å². The standard InChI is InChI=1S/C38H52N6O5/c1-27-14-17-33(35(25-27)49-23-9-5-6-13-36(45)44-21-18-29(19-22-44)42(2)3)43(4)38(47)30-16-15-28(26-32(30)40)41-37(46)31-11-7-8-12-34(31)48-24-10-20-39/h7-8,11-12,14-17,25-26,29H,5-6,9-10,13,18-24,39-40H2,1-4H3,(H,41,46). The number of nitrogen functional groups attached to an aromatic ring is 1. The van der Waals surface area contributed by atoms with Crippen LogP contribution in [0.25, 0.3) is 0 Å². The molecule has 0 bridgehead atoms. The number of carbonyl (C=O) groups is 3. The molecule has 0 spiro atoms. The molecule has 1 fully saturated rings. The van der Waals surface area contributed by atoms with Crippen LogP contribution in [0.15, 0.2) is 60.7 Å². The Kier molecular flexibility index (Phi) is 13.8. The number of anilines is 3. The number of nitrogens with one attached hydrogen (secondary N) is 1. The van der Waals surface area contributed by atoms with E-state index < -0.39 is 0 Å². The van der Waals surface area contributed by atoms with E-state index in [2.05, 4.69) is 24.3 Å². The summed E-state index contributed by atoms with van der Waals surface area (Å²) in [4.78, 5) is 45.1. The Morgan fingerprint density at radius 3 is 2.29 bits per heavy atom.